The molecule has 0 aromatic heterocycles. The van der Waals surface area contributed by atoms with Gasteiger partial charge in [0.15, 0.2) is 0 Å². The normalized spacial score (nSPS) is 14.2. The van der Waals surface area contributed by atoms with Crippen LogP contribution in [0.4, 0.5) is 0 Å². The average molecular weight is 213 g/mol. The van der Waals surface area contributed by atoms with Crippen LogP contribution in [0.25, 0.3) is 0 Å². The zero-order valence-electron chi connectivity index (χ0n) is 11.3. The van der Waals surface area contributed by atoms with E-state index in [-0.39, 0.29) is 5.54 Å². The summed E-state index contributed by atoms with van der Waals surface area (Å²) >= 11 is 0. The molecule has 0 fully saturated rings. The summed E-state index contributed by atoms with van der Waals surface area (Å²) in [5.74, 6) is 0.938. The lowest BCUT2D eigenvalue weighted by molar-refractivity contribution is 0.326. The predicted octanol–water partition coefficient (Wildman–Crippen LogP) is 4.50. The van der Waals surface area contributed by atoms with E-state index in [1.165, 1.54) is 38.5 Å². The van der Waals surface area contributed by atoms with Crippen molar-refractivity contribution in [3.8, 4) is 0 Å². The zero-order chi connectivity index (χ0) is 11.7. The smallest absolute Gasteiger partial charge is 0.0149 e. The van der Waals surface area contributed by atoms with Crippen molar-refractivity contribution in [1.29, 1.82) is 0 Å². The van der Waals surface area contributed by atoms with Crippen molar-refractivity contribution in [2.45, 2.75) is 84.6 Å². The molecule has 92 valence electrons. The quantitative estimate of drug-likeness (QED) is 0.599. The summed E-state index contributed by atoms with van der Waals surface area (Å²) in [5, 5.41) is 0. The van der Waals surface area contributed by atoms with E-state index in [1.54, 1.807) is 0 Å². The fraction of sp³-hybridized carbons (Fsp3) is 1.00. The highest BCUT2D eigenvalue weighted by atomic mass is 14.7. The highest BCUT2D eigenvalue weighted by Crippen LogP contribution is 2.23. The van der Waals surface area contributed by atoms with Gasteiger partial charge in [0.25, 0.3) is 0 Å². The largest absolute Gasteiger partial charge is 0.325 e. The minimum absolute atomic E-state index is 0.116. The molecule has 15 heavy (non-hydrogen) atoms. The highest BCUT2D eigenvalue weighted by Gasteiger charge is 2.19. The Morgan fingerprint density at radius 3 is 2.00 bits per heavy atom. The topological polar surface area (TPSA) is 26.0 Å². The molecule has 0 spiro atoms. The third-order valence-corrected chi connectivity index (χ3v) is 3.97. The van der Waals surface area contributed by atoms with Crippen molar-refractivity contribution in [3.63, 3.8) is 0 Å². The first kappa shape index (κ1) is 15.0. The zero-order valence-corrected chi connectivity index (χ0v) is 11.3. The Kier molecular flexibility index (Phi) is 8.13. The molecule has 0 rings (SSSR count). The minimum Gasteiger partial charge on any atom is -0.325 e. The van der Waals surface area contributed by atoms with Gasteiger partial charge in [0.1, 0.15) is 0 Å². The van der Waals surface area contributed by atoms with Crippen LogP contribution in [0.3, 0.4) is 0 Å². The maximum absolute atomic E-state index is 6.30. The number of hydrogen-bond donors (Lipinski definition) is 1. The third-order valence-electron chi connectivity index (χ3n) is 3.97. The lowest BCUT2D eigenvalue weighted by atomic mass is 9.85. The molecule has 0 aliphatic rings. The molecule has 1 heteroatoms. The Labute approximate surface area is 96.8 Å². The fourth-order valence-electron chi connectivity index (χ4n) is 2.31. The predicted molar refractivity (Wildman–Crippen MR) is 70.0 cm³/mol. The molecule has 1 nitrogen and oxygen atoms in total. The van der Waals surface area contributed by atoms with Gasteiger partial charge in [-0.3, -0.25) is 0 Å². The van der Waals surface area contributed by atoms with Crippen molar-refractivity contribution in [3.05, 3.63) is 0 Å². The van der Waals surface area contributed by atoms with Gasteiger partial charge < -0.3 is 5.73 Å². The third kappa shape index (κ3) is 6.19. The molecular weight excluding hydrogens is 182 g/mol. The SMILES string of the molecule is CCCC(CC)CCCC(N)(CC)CC. The summed E-state index contributed by atoms with van der Waals surface area (Å²) in [6.07, 6.45) is 10.2. The summed E-state index contributed by atoms with van der Waals surface area (Å²) in [6, 6.07) is 0. The van der Waals surface area contributed by atoms with E-state index < -0.39 is 0 Å². The Hall–Kier alpha value is -0.0400. The molecule has 2 N–H and O–H groups in total. The van der Waals surface area contributed by atoms with Gasteiger partial charge in [-0.25, -0.2) is 0 Å². The average Bonchev–Trinajstić information content (AvgIpc) is 2.27. The van der Waals surface area contributed by atoms with Gasteiger partial charge in [-0.15, -0.1) is 0 Å². The van der Waals surface area contributed by atoms with Crippen molar-refractivity contribution in [1.82, 2.24) is 0 Å². The van der Waals surface area contributed by atoms with E-state index in [1.807, 2.05) is 0 Å². The molecule has 0 bridgehead atoms. The first-order valence-electron chi connectivity index (χ1n) is 6.90. The first-order valence-corrected chi connectivity index (χ1v) is 6.90. The van der Waals surface area contributed by atoms with Gasteiger partial charge in [-0.1, -0.05) is 59.8 Å². The molecule has 0 aromatic rings. The second-order valence-electron chi connectivity index (χ2n) is 5.02. The van der Waals surface area contributed by atoms with Crippen LogP contribution in [0.1, 0.15) is 79.1 Å². The molecule has 0 saturated carbocycles. The van der Waals surface area contributed by atoms with Crippen LogP contribution in [-0.4, -0.2) is 5.54 Å². The molecule has 0 heterocycles. The lowest BCUT2D eigenvalue weighted by Gasteiger charge is -2.27. The fourth-order valence-corrected chi connectivity index (χ4v) is 2.31. The summed E-state index contributed by atoms with van der Waals surface area (Å²) < 4.78 is 0. The van der Waals surface area contributed by atoms with E-state index >= 15 is 0 Å². The molecule has 1 unspecified atom stereocenters. The number of hydrogen-bond acceptors (Lipinski definition) is 1. The Morgan fingerprint density at radius 2 is 1.60 bits per heavy atom. The second kappa shape index (κ2) is 8.15. The van der Waals surface area contributed by atoms with E-state index in [2.05, 4.69) is 27.7 Å². The molecule has 0 amide bonds. The standard InChI is InChI=1S/C14H31N/c1-5-10-13(6-2)11-9-12-14(15,7-3)8-4/h13H,5-12,15H2,1-4H3. The maximum atomic E-state index is 6.30. The Morgan fingerprint density at radius 1 is 1.00 bits per heavy atom. The van der Waals surface area contributed by atoms with E-state index in [0.717, 1.165) is 18.8 Å². The number of rotatable bonds is 9. The van der Waals surface area contributed by atoms with Crippen molar-refractivity contribution in [2.24, 2.45) is 11.7 Å². The number of nitrogens with two attached hydrogens (primary N) is 1. The molecule has 0 radical (unpaired) electrons. The summed E-state index contributed by atoms with van der Waals surface area (Å²) in [6.45, 7) is 9.03. The molecule has 1 atom stereocenters. The van der Waals surface area contributed by atoms with Gasteiger partial charge in [-0.05, 0) is 25.2 Å². The van der Waals surface area contributed by atoms with Crippen LogP contribution < -0.4 is 5.73 Å². The van der Waals surface area contributed by atoms with Gasteiger partial charge >= 0.3 is 0 Å². The summed E-state index contributed by atoms with van der Waals surface area (Å²) in [7, 11) is 0. The van der Waals surface area contributed by atoms with Crippen molar-refractivity contribution in [2.75, 3.05) is 0 Å². The highest BCUT2D eigenvalue weighted by molar-refractivity contribution is 4.80. The van der Waals surface area contributed by atoms with Crippen LogP contribution in [-0.2, 0) is 0 Å². The maximum Gasteiger partial charge on any atom is 0.0149 e. The van der Waals surface area contributed by atoms with Gasteiger partial charge in [0.05, 0.1) is 0 Å². The van der Waals surface area contributed by atoms with Crippen LogP contribution in [0, 0.1) is 5.92 Å². The molecule has 0 aliphatic carbocycles. The van der Waals surface area contributed by atoms with Gasteiger partial charge in [0.2, 0.25) is 0 Å². The monoisotopic (exact) mass is 213 g/mol. The van der Waals surface area contributed by atoms with E-state index in [9.17, 15) is 0 Å². The summed E-state index contributed by atoms with van der Waals surface area (Å²) in [5.41, 5.74) is 6.41. The Balaban J connectivity index is 3.75. The van der Waals surface area contributed by atoms with Gasteiger partial charge in [0, 0.05) is 5.54 Å². The van der Waals surface area contributed by atoms with Crippen LogP contribution in [0.15, 0.2) is 0 Å². The molecular formula is C14H31N. The van der Waals surface area contributed by atoms with Crippen molar-refractivity contribution >= 4 is 0 Å². The van der Waals surface area contributed by atoms with E-state index in [0.29, 0.717) is 0 Å². The minimum atomic E-state index is 0.116. The second-order valence-corrected chi connectivity index (χ2v) is 5.02. The van der Waals surface area contributed by atoms with Crippen LogP contribution in [0.2, 0.25) is 0 Å². The molecule has 0 saturated heterocycles. The Bertz CT molecular complexity index is 138. The van der Waals surface area contributed by atoms with E-state index in [4.69, 9.17) is 5.73 Å². The van der Waals surface area contributed by atoms with Crippen LogP contribution >= 0.6 is 0 Å². The molecule has 0 aromatic carbocycles. The van der Waals surface area contributed by atoms with Gasteiger partial charge in [-0.2, -0.15) is 0 Å². The summed E-state index contributed by atoms with van der Waals surface area (Å²) in [4.78, 5) is 0. The molecule has 0 aliphatic heterocycles. The lowest BCUT2D eigenvalue weighted by Crippen LogP contribution is -2.38. The first-order chi connectivity index (χ1) is 7.11. The van der Waals surface area contributed by atoms with Crippen LogP contribution in [0.5, 0.6) is 0 Å². The van der Waals surface area contributed by atoms with Crippen molar-refractivity contribution < 1.29 is 0 Å².